The summed E-state index contributed by atoms with van der Waals surface area (Å²) in [5, 5.41) is 0. The first-order chi connectivity index (χ1) is 10.0. The van der Waals surface area contributed by atoms with E-state index in [1.54, 1.807) is 7.05 Å². The van der Waals surface area contributed by atoms with E-state index in [4.69, 9.17) is 0 Å². The molecular formula is C16H17FN2O2. The van der Waals surface area contributed by atoms with Gasteiger partial charge in [0.2, 0.25) is 6.17 Å². The van der Waals surface area contributed by atoms with Gasteiger partial charge in [-0.2, -0.15) is 0 Å². The largest absolute Gasteiger partial charge is 0.326 e. The highest BCUT2D eigenvalue weighted by molar-refractivity contribution is 6.02. The SMILES string of the molecule is CN1C(=O)[C@H](F)[C@H](C2=CCCc3ccccc32)N(C)C1=O. The highest BCUT2D eigenvalue weighted by atomic mass is 19.1. The molecule has 2 atom stereocenters. The maximum Gasteiger partial charge on any atom is 0.326 e. The molecule has 3 amide bonds. The Bertz CT molecular complexity index is 619. The summed E-state index contributed by atoms with van der Waals surface area (Å²) in [6.45, 7) is 0. The zero-order valence-corrected chi connectivity index (χ0v) is 12.0. The van der Waals surface area contributed by atoms with Crippen molar-refractivity contribution in [3.63, 3.8) is 0 Å². The number of alkyl halides is 1. The number of carbonyl (C=O) groups is 2. The van der Waals surface area contributed by atoms with E-state index >= 15 is 0 Å². The molecule has 0 N–H and O–H groups in total. The monoisotopic (exact) mass is 288 g/mol. The summed E-state index contributed by atoms with van der Waals surface area (Å²) in [5.74, 6) is -0.771. The van der Waals surface area contributed by atoms with Gasteiger partial charge in [0.25, 0.3) is 5.91 Å². The molecular weight excluding hydrogens is 271 g/mol. The van der Waals surface area contributed by atoms with Gasteiger partial charge in [-0.25, -0.2) is 9.18 Å². The van der Waals surface area contributed by atoms with Crippen LogP contribution in [0.5, 0.6) is 0 Å². The van der Waals surface area contributed by atoms with Crippen LogP contribution in [0.4, 0.5) is 9.18 Å². The van der Waals surface area contributed by atoms with Crippen LogP contribution in [0.1, 0.15) is 17.5 Å². The molecule has 1 saturated heterocycles. The molecule has 0 saturated carbocycles. The molecule has 3 rings (SSSR count). The van der Waals surface area contributed by atoms with Crippen molar-refractivity contribution in [3.8, 4) is 0 Å². The third-order valence-electron chi connectivity index (χ3n) is 4.27. The van der Waals surface area contributed by atoms with Crippen LogP contribution in [0.15, 0.2) is 30.3 Å². The molecule has 1 aromatic rings. The summed E-state index contributed by atoms with van der Waals surface area (Å²) >= 11 is 0. The number of hydrogen-bond donors (Lipinski definition) is 0. The molecule has 0 unspecified atom stereocenters. The molecule has 1 fully saturated rings. The van der Waals surface area contributed by atoms with Gasteiger partial charge >= 0.3 is 6.03 Å². The fraction of sp³-hybridized carbons (Fsp3) is 0.375. The number of urea groups is 1. The molecule has 1 heterocycles. The van der Waals surface area contributed by atoms with Crippen LogP contribution in [-0.4, -0.2) is 48.0 Å². The smallest absolute Gasteiger partial charge is 0.317 e. The van der Waals surface area contributed by atoms with Crippen LogP contribution >= 0.6 is 0 Å². The lowest BCUT2D eigenvalue weighted by molar-refractivity contribution is -0.137. The molecule has 4 nitrogen and oxygen atoms in total. The Morgan fingerprint density at radius 2 is 1.90 bits per heavy atom. The van der Waals surface area contributed by atoms with Crippen LogP contribution in [0.25, 0.3) is 5.57 Å². The standard InChI is InChI=1S/C16H17FN2O2/c1-18-14(13(17)15(20)19(2)16(18)21)12-9-5-7-10-6-3-4-8-11(10)12/h3-4,6,8-9,13-14H,5,7H2,1-2H3/t13-,14+/m1/s1. The molecule has 5 heteroatoms. The number of benzene rings is 1. The Labute approximate surface area is 122 Å². The fourth-order valence-electron chi connectivity index (χ4n) is 3.13. The van der Waals surface area contributed by atoms with Crippen molar-refractivity contribution in [2.45, 2.75) is 25.1 Å². The summed E-state index contributed by atoms with van der Waals surface area (Å²) in [4.78, 5) is 26.2. The molecule has 1 aliphatic heterocycles. The first kappa shape index (κ1) is 13.8. The highest BCUT2D eigenvalue weighted by Crippen LogP contribution is 2.35. The predicted octanol–water partition coefficient (Wildman–Crippen LogP) is 2.25. The van der Waals surface area contributed by atoms with Gasteiger partial charge in [-0.3, -0.25) is 9.69 Å². The van der Waals surface area contributed by atoms with Gasteiger partial charge in [0.15, 0.2) is 0 Å². The number of amides is 3. The van der Waals surface area contributed by atoms with E-state index in [1.807, 2.05) is 30.3 Å². The summed E-state index contributed by atoms with van der Waals surface area (Å²) in [6.07, 6.45) is 1.91. The molecule has 0 bridgehead atoms. The van der Waals surface area contributed by atoms with E-state index < -0.39 is 24.2 Å². The number of aryl methyl sites for hydroxylation is 1. The molecule has 1 aromatic carbocycles. The van der Waals surface area contributed by atoms with E-state index in [0.29, 0.717) is 0 Å². The van der Waals surface area contributed by atoms with Gasteiger partial charge < -0.3 is 4.90 Å². The Kier molecular flexibility index (Phi) is 3.27. The summed E-state index contributed by atoms with van der Waals surface area (Å²) in [5.41, 5.74) is 2.81. The van der Waals surface area contributed by atoms with Crippen molar-refractivity contribution < 1.29 is 14.0 Å². The van der Waals surface area contributed by atoms with Crippen LogP contribution in [0.2, 0.25) is 0 Å². The minimum atomic E-state index is -1.73. The number of imide groups is 1. The van der Waals surface area contributed by atoms with Crippen LogP contribution in [0, 0.1) is 0 Å². The van der Waals surface area contributed by atoms with Gasteiger partial charge in [0.1, 0.15) is 0 Å². The molecule has 0 aromatic heterocycles. The topological polar surface area (TPSA) is 40.6 Å². The highest BCUT2D eigenvalue weighted by Gasteiger charge is 2.45. The van der Waals surface area contributed by atoms with Crippen molar-refractivity contribution in [2.75, 3.05) is 14.1 Å². The predicted molar refractivity (Wildman–Crippen MR) is 77.4 cm³/mol. The number of hydrogen-bond acceptors (Lipinski definition) is 2. The van der Waals surface area contributed by atoms with Crippen LogP contribution in [-0.2, 0) is 11.2 Å². The van der Waals surface area contributed by atoms with Crippen LogP contribution in [0.3, 0.4) is 0 Å². The average Bonchev–Trinajstić information content (AvgIpc) is 2.51. The van der Waals surface area contributed by atoms with Gasteiger partial charge in [-0.1, -0.05) is 30.3 Å². The van der Waals surface area contributed by atoms with Gasteiger partial charge in [0.05, 0.1) is 6.04 Å². The second kappa shape index (κ2) is 4.98. The molecule has 1 aliphatic carbocycles. The molecule has 0 spiro atoms. The Hall–Kier alpha value is -2.17. The van der Waals surface area contributed by atoms with E-state index in [-0.39, 0.29) is 0 Å². The zero-order valence-electron chi connectivity index (χ0n) is 12.0. The lowest BCUT2D eigenvalue weighted by atomic mass is 9.84. The number of fused-ring (bicyclic) bond motifs is 1. The Morgan fingerprint density at radius 3 is 2.67 bits per heavy atom. The van der Waals surface area contributed by atoms with Crippen molar-refractivity contribution in [2.24, 2.45) is 0 Å². The quantitative estimate of drug-likeness (QED) is 0.795. The number of likely N-dealkylation sites (N-methyl/N-ethyl adjacent to an activating group) is 1. The van der Waals surface area contributed by atoms with Gasteiger partial charge in [0, 0.05) is 14.1 Å². The number of halogens is 1. The number of rotatable bonds is 1. The lowest BCUT2D eigenvalue weighted by Gasteiger charge is -2.40. The maximum absolute atomic E-state index is 14.6. The van der Waals surface area contributed by atoms with E-state index in [9.17, 15) is 14.0 Å². The summed E-state index contributed by atoms with van der Waals surface area (Å²) in [7, 11) is 2.85. The Balaban J connectivity index is 2.05. The molecule has 110 valence electrons. The first-order valence-electron chi connectivity index (χ1n) is 6.99. The molecule has 21 heavy (non-hydrogen) atoms. The minimum absolute atomic E-state index is 0.470. The second-order valence-electron chi connectivity index (χ2n) is 5.49. The first-order valence-corrected chi connectivity index (χ1v) is 6.99. The van der Waals surface area contributed by atoms with Crippen molar-refractivity contribution in [1.29, 1.82) is 0 Å². The van der Waals surface area contributed by atoms with E-state index in [0.717, 1.165) is 34.4 Å². The summed E-state index contributed by atoms with van der Waals surface area (Å²) in [6, 6.07) is 6.46. The van der Waals surface area contributed by atoms with Gasteiger partial charge in [-0.05, 0) is 29.5 Å². The normalized spacial score (nSPS) is 25.8. The van der Waals surface area contributed by atoms with E-state index in [2.05, 4.69) is 0 Å². The molecule has 2 aliphatic rings. The van der Waals surface area contributed by atoms with Crippen molar-refractivity contribution in [3.05, 3.63) is 41.5 Å². The minimum Gasteiger partial charge on any atom is -0.317 e. The lowest BCUT2D eigenvalue weighted by Crippen LogP contribution is -2.60. The third-order valence-corrected chi connectivity index (χ3v) is 4.27. The Morgan fingerprint density at radius 1 is 1.19 bits per heavy atom. The number of allylic oxidation sites excluding steroid dienone is 1. The second-order valence-corrected chi connectivity index (χ2v) is 5.49. The molecule has 0 radical (unpaired) electrons. The fourth-order valence-corrected chi connectivity index (χ4v) is 3.13. The maximum atomic E-state index is 14.6. The van der Waals surface area contributed by atoms with Gasteiger partial charge in [-0.15, -0.1) is 0 Å². The number of carbonyl (C=O) groups excluding carboxylic acids is 2. The van der Waals surface area contributed by atoms with Crippen molar-refractivity contribution >= 4 is 17.5 Å². The average molecular weight is 288 g/mol. The summed E-state index contributed by atoms with van der Waals surface area (Å²) < 4.78 is 14.6. The zero-order chi connectivity index (χ0) is 15.1. The van der Waals surface area contributed by atoms with Crippen LogP contribution < -0.4 is 0 Å². The van der Waals surface area contributed by atoms with E-state index in [1.165, 1.54) is 11.9 Å². The number of nitrogens with zero attached hydrogens (tertiary/aromatic N) is 2. The van der Waals surface area contributed by atoms with Crippen molar-refractivity contribution in [1.82, 2.24) is 9.80 Å². The third kappa shape index (κ3) is 2.04.